The molecule has 21 heavy (non-hydrogen) atoms. The fraction of sp³-hybridized carbons (Fsp3) is 0.357. The van der Waals surface area contributed by atoms with E-state index in [0.717, 1.165) is 0 Å². The molecule has 112 valence electrons. The van der Waals surface area contributed by atoms with Gasteiger partial charge in [-0.3, -0.25) is 14.4 Å². The number of halogens is 1. The maximum absolute atomic E-state index is 12.0. The molecule has 1 heterocycles. The van der Waals surface area contributed by atoms with Crippen LogP contribution in [0.3, 0.4) is 0 Å². The molecule has 1 saturated heterocycles. The Balaban J connectivity index is 1.86. The summed E-state index contributed by atoms with van der Waals surface area (Å²) in [6, 6.07) is 6.51. The van der Waals surface area contributed by atoms with Crippen molar-refractivity contribution in [3.8, 4) is 0 Å². The third kappa shape index (κ3) is 4.46. The molecule has 2 N–H and O–H groups in total. The Morgan fingerprint density at radius 3 is 2.90 bits per heavy atom. The van der Waals surface area contributed by atoms with Gasteiger partial charge < -0.3 is 15.5 Å². The lowest BCUT2D eigenvalue weighted by molar-refractivity contribution is -0.130. The number of carbonyl (C=O) groups excluding carboxylic acids is 3. The van der Waals surface area contributed by atoms with E-state index in [-0.39, 0.29) is 30.7 Å². The average Bonchev–Trinajstić information content (AvgIpc) is 2.69. The van der Waals surface area contributed by atoms with Crippen LogP contribution in [-0.2, 0) is 9.59 Å². The van der Waals surface area contributed by atoms with E-state index in [1.165, 1.54) is 6.07 Å². The number of nitrogens with one attached hydrogen (secondary N) is 2. The highest BCUT2D eigenvalue weighted by Crippen LogP contribution is 2.10. The first-order chi connectivity index (χ1) is 10.1. The lowest BCUT2D eigenvalue weighted by atomic mass is 10.2. The Morgan fingerprint density at radius 1 is 1.33 bits per heavy atom. The topological polar surface area (TPSA) is 78.5 Å². The van der Waals surface area contributed by atoms with Crippen LogP contribution in [0.15, 0.2) is 24.3 Å². The monoisotopic (exact) mass is 309 g/mol. The summed E-state index contributed by atoms with van der Waals surface area (Å²) < 4.78 is 0. The first-order valence-corrected chi connectivity index (χ1v) is 7.02. The van der Waals surface area contributed by atoms with Crippen molar-refractivity contribution in [2.45, 2.75) is 6.42 Å². The van der Waals surface area contributed by atoms with E-state index in [4.69, 9.17) is 11.6 Å². The van der Waals surface area contributed by atoms with E-state index in [0.29, 0.717) is 30.2 Å². The minimum absolute atomic E-state index is 0.0618. The van der Waals surface area contributed by atoms with E-state index < -0.39 is 0 Å². The zero-order chi connectivity index (χ0) is 15.2. The molecule has 0 atom stereocenters. The summed E-state index contributed by atoms with van der Waals surface area (Å²) in [4.78, 5) is 36.7. The highest BCUT2D eigenvalue weighted by atomic mass is 35.5. The molecule has 0 bridgehead atoms. The average molecular weight is 310 g/mol. The molecule has 1 fully saturated rings. The van der Waals surface area contributed by atoms with Crippen LogP contribution in [0.1, 0.15) is 16.8 Å². The van der Waals surface area contributed by atoms with Gasteiger partial charge in [0.05, 0.1) is 6.54 Å². The predicted molar refractivity (Wildman–Crippen MR) is 78.0 cm³/mol. The number of nitrogens with zero attached hydrogens (tertiary/aromatic N) is 1. The first kappa shape index (κ1) is 15.3. The van der Waals surface area contributed by atoms with Crippen LogP contribution in [-0.4, -0.2) is 48.8 Å². The van der Waals surface area contributed by atoms with Gasteiger partial charge in [0, 0.05) is 36.6 Å². The van der Waals surface area contributed by atoms with Crippen LogP contribution < -0.4 is 10.6 Å². The molecule has 7 heteroatoms. The van der Waals surface area contributed by atoms with Crippen LogP contribution >= 0.6 is 11.6 Å². The molecule has 1 aliphatic rings. The van der Waals surface area contributed by atoms with Crippen LogP contribution in [0.2, 0.25) is 5.02 Å². The third-order valence-electron chi connectivity index (χ3n) is 3.15. The van der Waals surface area contributed by atoms with Gasteiger partial charge in [-0.1, -0.05) is 17.7 Å². The van der Waals surface area contributed by atoms with Gasteiger partial charge in [-0.15, -0.1) is 0 Å². The lowest BCUT2D eigenvalue weighted by Gasteiger charge is -2.19. The number of carbonyl (C=O) groups is 3. The van der Waals surface area contributed by atoms with Crippen molar-refractivity contribution in [3.05, 3.63) is 34.9 Å². The largest absolute Gasteiger partial charge is 0.354 e. The van der Waals surface area contributed by atoms with Crippen molar-refractivity contribution in [2.24, 2.45) is 0 Å². The molecule has 0 spiro atoms. The lowest BCUT2D eigenvalue weighted by Crippen LogP contribution is -2.41. The number of rotatable bonds is 3. The van der Waals surface area contributed by atoms with E-state index in [1.807, 2.05) is 0 Å². The number of hydrogen-bond donors (Lipinski definition) is 2. The van der Waals surface area contributed by atoms with Gasteiger partial charge in [0.2, 0.25) is 11.8 Å². The Labute approximate surface area is 127 Å². The molecule has 1 aromatic carbocycles. The molecule has 2 rings (SSSR count). The smallest absolute Gasteiger partial charge is 0.251 e. The van der Waals surface area contributed by atoms with E-state index >= 15 is 0 Å². The van der Waals surface area contributed by atoms with Gasteiger partial charge in [-0.25, -0.2) is 0 Å². The predicted octanol–water partition coefficient (Wildman–Crippen LogP) is 0.418. The van der Waals surface area contributed by atoms with Crippen molar-refractivity contribution in [2.75, 3.05) is 26.2 Å². The molecule has 1 aliphatic heterocycles. The van der Waals surface area contributed by atoms with Crippen LogP contribution in [0.25, 0.3) is 0 Å². The molecule has 1 aromatic rings. The molecule has 0 saturated carbocycles. The minimum Gasteiger partial charge on any atom is -0.354 e. The number of hydrogen-bond acceptors (Lipinski definition) is 3. The molecular formula is C14H16ClN3O3. The van der Waals surface area contributed by atoms with E-state index in [9.17, 15) is 14.4 Å². The standard InChI is InChI=1S/C14H16ClN3O3/c15-11-3-1-2-10(8-11)14(21)17-9-13(20)18-6-4-12(19)16-5-7-18/h1-3,8H,4-7,9H2,(H,16,19)(H,17,21). The van der Waals surface area contributed by atoms with Gasteiger partial charge in [0.25, 0.3) is 5.91 Å². The van der Waals surface area contributed by atoms with E-state index in [2.05, 4.69) is 10.6 Å². The fourth-order valence-corrected chi connectivity index (χ4v) is 2.21. The highest BCUT2D eigenvalue weighted by Gasteiger charge is 2.18. The van der Waals surface area contributed by atoms with Gasteiger partial charge in [-0.05, 0) is 18.2 Å². The fourth-order valence-electron chi connectivity index (χ4n) is 2.02. The third-order valence-corrected chi connectivity index (χ3v) is 3.39. The summed E-state index contributed by atoms with van der Waals surface area (Å²) in [7, 11) is 0. The Hall–Kier alpha value is -2.08. The molecule has 0 aromatic heterocycles. The minimum atomic E-state index is -0.352. The normalized spacial score (nSPS) is 15.1. The summed E-state index contributed by atoms with van der Waals surface area (Å²) in [5.41, 5.74) is 0.406. The van der Waals surface area contributed by atoms with E-state index in [1.54, 1.807) is 23.1 Å². The molecule has 6 nitrogen and oxygen atoms in total. The van der Waals surface area contributed by atoms with Gasteiger partial charge in [-0.2, -0.15) is 0 Å². The van der Waals surface area contributed by atoms with Gasteiger partial charge >= 0.3 is 0 Å². The number of amides is 3. The zero-order valence-electron chi connectivity index (χ0n) is 11.4. The summed E-state index contributed by atoms with van der Waals surface area (Å²) in [5, 5.41) is 5.72. The van der Waals surface area contributed by atoms with Crippen molar-refractivity contribution < 1.29 is 14.4 Å². The maximum atomic E-state index is 12.0. The maximum Gasteiger partial charge on any atom is 0.251 e. The second kappa shape index (κ2) is 7.08. The van der Waals surface area contributed by atoms with Crippen LogP contribution in [0, 0.1) is 0 Å². The molecule has 0 aliphatic carbocycles. The summed E-state index contributed by atoms with van der Waals surface area (Å²) in [6.45, 7) is 1.17. The van der Waals surface area contributed by atoms with Gasteiger partial charge in [0.1, 0.15) is 0 Å². The molecule has 3 amide bonds. The van der Waals surface area contributed by atoms with Crippen LogP contribution in [0.5, 0.6) is 0 Å². The quantitative estimate of drug-likeness (QED) is 0.849. The first-order valence-electron chi connectivity index (χ1n) is 6.64. The molecule has 0 radical (unpaired) electrons. The molecule has 0 unspecified atom stereocenters. The second-order valence-corrected chi connectivity index (χ2v) is 5.11. The van der Waals surface area contributed by atoms with Gasteiger partial charge in [0.15, 0.2) is 0 Å². The Kier molecular flexibility index (Phi) is 5.16. The summed E-state index contributed by atoms with van der Waals surface area (Å²) in [5.74, 6) is -0.620. The van der Waals surface area contributed by atoms with Crippen LogP contribution in [0.4, 0.5) is 0 Å². The Morgan fingerprint density at radius 2 is 2.14 bits per heavy atom. The van der Waals surface area contributed by atoms with Crippen molar-refractivity contribution >= 4 is 29.3 Å². The van der Waals surface area contributed by atoms with Crippen molar-refractivity contribution in [1.82, 2.24) is 15.5 Å². The summed E-state index contributed by atoms with van der Waals surface area (Å²) >= 11 is 5.81. The Bertz CT molecular complexity index is 562. The zero-order valence-corrected chi connectivity index (χ0v) is 12.2. The van der Waals surface area contributed by atoms with Crippen molar-refractivity contribution in [1.29, 1.82) is 0 Å². The summed E-state index contributed by atoms with van der Waals surface area (Å²) in [6.07, 6.45) is 0.286. The molecular weight excluding hydrogens is 294 g/mol. The van der Waals surface area contributed by atoms with Crippen molar-refractivity contribution in [3.63, 3.8) is 0 Å². The highest BCUT2D eigenvalue weighted by molar-refractivity contribution is 6.30. The number of benzene rings is 1. The second-order valence-electron chi connectivity index (χ2n) is 4.67. The SMILES string of the molecule is O=C1CCN(C(=O)CNC(=O)c2cccc(Cl)c2)CCN1.